The van der Waals surface area contributed by atoms with Crippen molar-refractivity contribution in [2.45, 2.75) is 25.4 Å². The molecule has 5 heteroatoms. The van der Waals surface area contributed by atoms with Crippen LogP contribution < -0.4 is 0 Å². The average Bonchev–Trinajstić information content (AvgIpc) is 2.71. The van der Waals surface area contributed by atoms with Crippen molar-refractivity contribution in [2.24, 2.45) is 0 Å². The second-order valence-electron chi connectivity index (χ2n) is 4.24. The molecule has 2 rings (SSSR count). The van der Waals surface area contributed by atoms with Crippen molar-refractivity contribution in [3.8, 4) is 5.75 Å². The third-order valence-corrected chi connectivity index (χ3v) is 3.56. The molecule has 1 aromatic rings. The number of aromatic hydroxyl groups is 1. The molecule has 1 heterocycles. The molecular weight excluding hydrogens is 286 g/mol. The van der Waals surface area contributed by atoms with Crippen LogP contribution in [0.1, 0.15) is 18.4 Å². The fourth-order valence-corrected chi connectivity index (χ4v) is 2.60. The van der Waals surface area contributed by atoms with Crippen molar-refractivity contribution in [2.75, 3.05) is 6.54 Å². The van der Waals surface area contributed by atoms with Gasteiger partial charge in [-0.3, -0.25) is 9.69 Å². The highest BCUT2D eigenvalue weighted by Crippen LogP contribution is 2.26. The Labute approximate surface area is 108 Å². The molecule has 0 aromatic heterocycles. The number of rotatable bonds is 3. The van der Waals surface area contributed by atoms with Gasteiger partial charge in [-0.2, -0.15) is 0 Å². The maximum Gasteiger partial charge on any atom is 0.320 e. The Morgan fingerprint density at radius 1 is 1.53 bits per heavy atom. The van der Waals surface area contributed by atoms with E-state index in [1.54, 1.807) is 12.1 Å². The number of carbonyl (C=O) groups is 1. The standard InChI is InChI=1S/C12H14BrNO3/c13-9-3-4-11(15)8(6-9)7-14-5-1-2-10(14)12(16)17/h3-4,6,10,15H,1-2,5,7H2,(H,16,17). The molecule has 0 amide bonds. The first-order valence-corrected chi connectivity index (χ1v) is 6.31. The van der Waals surface area contributed by atoms with Gasteiger partial charge in [-0.25, -0.2) is 0 Å². The summed E-state index contributed by atoms with van der Waals surface area (Å²) < 4.78 is 0.886. The summed E-state index contributed by atoms with van der Waals surface area (Å²) in [6, 6.07) is 4.78. The van der Waals surface area contributed by atoms with Crippen molar-refractivity contribution < 1.29 is 15.0 Å². The molecule has 4 nitrogen and oxygen atoms in total. The third kappa shape index (κ3) is 2.79. The van der Waals surface area contributed by atoms with Gasteiger partial charge >= 0.3 is 5.97 Å². The minimum atomic E-state index is -0.781. The van der Waals surface area contributed by atoms with Gasteiger partial charge in [0.2, 0.25) is 0 Å². The number of phenolic OH excluding ortho intramolecular Hbond substituents is 1. The maximum atomic E-state index is 11.0. The quantitative estimate of drug-likeness (QED) is 0.898. The first kappa shape index (κ1) is 12.4. The van der Waals surface area contributed by atoms with Gasteiger partial charge in [0.25, 0.3) is 0 Å². The Balaban J connectivity index is 2.15. The number of nitrogens with zero attached hydrogens (tertiary/aromatic N) is 1. The summed E-state index contributed by atoms with van der Waals surface area (Å²) in [5.41, 5.74) is 0.757. The third-order valence-electron chi connectivity index (χ3n) is 3.06. The lowest BCUT2D eigenvalue weighted by atomic mass is 10.1. The maximum absolute atomic E-state index is 11.0. The summed E-state index contributed by atoms with van der Waals surface area (Å²) in [6.07, 6.45) is 1.58. The number of hydrogen-bond acceptors (Lipinski definition) is 3. The minimum Gasteiger partial charge on any atom is -0.508 e. The van der Waals surface area contributed by atoms with E-state index in [1.807, 2.05) is 11.0 Å². The summed E-state index contributed by atoms with van der Waals surface area (Å²) >= 11 is 3.34. The summed E-state index contributed by atoms with van der Waals surface area (Å²) in [6.45, 7) is 1.24. The molecule has 0 bridgehead atoms. The molecule has 1 aliphatic heterocycles. The number of hydrogen-bond donors (Lipinski definition) is 2. The largest absolute Gasteiger partial charge is 0.508 e. The lowest BCUT2D eigenvalue weighted by Crippen LogP contribution is -2.35. The van der Waals surface area contributed by atoms with E-state index in [0.717, 1.165) is 23.0 Å². The van der Waals surface area contributed by atoms with Crippen LogP contribution in [0.4, 0.5) is 0 Å². The Morgan fingerprint density at radius 3 is 3.00 bits per heavy atom. The lowest BCUT2D eigenvalue weighted by Gasteiger charge is -2.21. The molecule has 0 spiro atoms. The predicted molar refractivity (Wildman–Crippen MR) is 66.9 cm³/mol. The molecule has 1 aliphatic rings. The molecule has 0 radical (unpaired) electrons. The highest BCUT2D eigenvalue weighted by atomic mass is 79.9. The van der Waals surface area contributed by atoms with Gasteiger partial charge in [0, 0.05) is 16.6 Å². The van der Waals surface area contributed by atoms with Crippen LogP contribution in [0.15, 0.2) is 22.7 Å². The Morgan fingerprint density at radius 2 is 2.29 bits per heavy atom. The van der Waals surface area contributed by atoms with Crippen LogP contribution >= 0.6 is 15.9 Å². The first-order valence-electron chi connectivity index (χ1n) is 5.52. The number of halogens is 1. The number of likely N-dealkylation sites (tertiary alicyclic amines) is 1. The van der Waals surface area contributed by atoms with E-state index in [-0.39, 0.29) is 5.75 Å². The summed E-state index contributed by atoms with van der Waals surface area (Å²) in [5, 5.41) is 18.8. The van der Waals surface area contributed by atoms with E-state index in [2.05, 4.69) is 15.9 Å². The molecule has 0 saturated carbocycles. The van der Waals surface area contributed by atoms with Crippen LogP contribution in [0, 0.1) is 0 Å². The normalized spacial score (nSPS) is 20.6. The highest BCUT2D eigenvalue weighted by Gasteiger charge is 2.30. The molecule has 17 heavy (non-hydrogen) atoms. The molecule has 1 saturated heterocycles. The summed E-state index contributed by atoms with van der Waals surface area (Å²) in [4.78, 5) is 12.9. The van der Waals surface area contributed by atoms with Crippen LogP contribution in [0.3, 0.4) is 0 Å². The fourth-order valence-electron chi connectivity index (χ4n) is 2.19. The Bertz CT molecular complexity index is 436. The average molecular weight is 300 g/mol. The van der Waals surface area contributed by atoms with Gasteiger partial charge < -0.3 is 10.2 Å². The van der Waals surface area contributed by atoms with Crippen LogP contribution in [-0.2, 0) is 11.3 Å². The highest BCUT2D eigenvalue weighted by molar-refractivity contribution is 9.10. The lowest BCUT2D eigenvalue weighted by molar-refractivity contribution is -0.142. The van der Waals surface area contributed by atoms with Gasteiger partial charge in [0.15, 0.2) is 0 Å². The molecule has 1 aromatic carbocycles. The van der Waals surface area contributed by atoms with Crippen molar-refractivity contribution in [1.29, 1.82) is 0 Å². The Hall–Kier alpha value is -1.07. The second kappa shape index (κ2) is 5.06. The summed E-state index contributed by atoms with van der Waals surface area (Å²) in [7, 11) is 0. The molecular formula is C12H14BrNO3. The van der Waals surface area contributed by atoms with Gasteiger partial charge in [0.1, 0.15) is 11.8 Å². The first-order chi connectivity index (χ1) is 8.08. The van der Waals surface area contributed by atoms with Crippen LogP contribution in [0.25, 0.3) is 0 Å². The fraction of sp³-hybridized carbons (Fsp3) is 0.417. The van der Waals surface area contributed by atoms with Crippen molar-refractivity contribution in [3.63, 3.8) is 0 Å². The van der Waals surface area contributed by atoms with E-state index in [9.17, 15) is 9.90 Å². The number of carboxylic acid groups (broad SMARTS) is 1. The Kier molecular flexibility index (Phi) is 3.69. The minimum absolute atomic E-state index is 0.212. The molecule has 1 fully saturated rings. The number of benzene rings is 1. The zero-order chi connectivity index (χ0) is 12.4. The predicted octanol–water partition coefficient (Wildman–Crippen LogP) is 2.20. The molecule has 2 N–H and O–H groups in total. The zero-order valence-electron chi connectivity index (χ0n) is 9.27. The van der Waals surface area contributed by atoms with Crippen molar-refractivity contribution in [3.05, 3.63) is 28.2 Å². The van der Waals surface area contributed by atoms with Crippen molar-refractivity contribution in [1.82, 2.24) is 4.90 Å². The van der Waals surface area contributed by atoms with E-state index < -0.39 is 12.0 Å². The van der Waals surface area contributed by atoms with Gasteiger partial charge in [-0.05, 0) is 37.6 Å². The van der Waals surface area contributed by atoms with Crippen LogP contribution in [0.2, 0.25) is 0 Å². The van der Waals surface area contributed by atoms with Gasteiger partial charge in [0.05, 0.1) is 0 Å². The van der Waals surface area contributed by atoms with Gasteiger partial charge in [-0.1, -0.05) is 15.9 Å². The SMILES string of the molecule is O=C(O)C1CCCN1Cc1cc(Br)ccc1O. The van der Waals surface area contributed by atoms with E-state index >= 15 is 0 Å². The second-order valence-corrected chi connectivity index (χ2v) is 5.16. The zero-order valence-corrected chi connectivity index (χ0v) is 10.9. The van der Waals surface area contributed by atoms with E-state index in [4.69, 9.17) is 5.11 Å². The van der Waals surface area contributed by atoms with E-state index in [0.29, 0.717) is 13.0 Å². The van der Waals surface area contributed by atoms with Gasteiger partial charge in [-0.15, -0.1) is 0 Å². The number of aliphatic carboxylic acids is 1. The monoisotopic (exact) mass is 299 g/mol. The number of carboxylic acids is 1. The smallest absolute Gasteiger partial charge is 0.320 e. The molecule has 1 atom stereocenters. The molecule has 0 aliphatic carbocycles. The molecule has 1 unspecified atom stereocenters. The molecule has 92 valence electrons. The van der Waals surface area contributed by atoms with Crippen LogP contribution in [-0.4, -0.2) is 33.7 Å². The number of phenols is 1. The summed E-state index contributed by atoms with van der Waals surface area (Å²) in [5.74, 6) is -0.568. The topological polar surface area (TPSA) is 60.8 Å². The van der Waals surface area contributed by atoms with Crippen molar-refractivity contribution >= 4 is 21.9 Å². The van der Waals surface area contributed by atoms with Crippen LogP contribution in [0.5, 0.6) is 5.75 Å². The van der Waals surface area contributed by atoms with E-state index in [1.165, 1.54) is 0 Å².